The van der Waals surface area contributed by atoms with E-state index < -0.39 is 14.6 Å². The lowest BCUT2D eigenvalue weighted by Gasteiger charge is -2.39. The minimum absolute atomic E-state index is 0.246. The maximum atomic E-state index is 12.5. The van der Waals surface area contributed by atoms with Crippen LogP contribution in [0.5, 0.6) is 0 Å². The molecule has 2 aliphatic rings. The van der Waals surface area contributed by atoms with Gasteiger partial charge in [-0.05, 0) is 76.7 Å². The Labute approximate surface area is 131 Å². The van der Waals surface area contributed by atoms with Crippen molar-refractivity contribution in [3.8, 4) is 0 Å². The van der Waals surface area contributed by atoms with E-state index in [9.17, 15) is 8.42 Å². The van der Waals surface area contributed by atoms with Crippen LogP contribution in [0.15, 0.2) is 0 Å². The largest absolute Gasteiger partial charge is 0.316 e. The summed E-state index contributed by atoms with van der Waals surface area (Å²) in [4.78, 5) is 0. The third-order valence-electron chi connectivity index (χ3n) is 5.81. The molecule has 0 aromatic heterocycles. The fraction of sp³-hybridized carbons (Fsp3) is 1.00. The topological polar surface area (TPSA) is 46.2 Å². The Morgan fingerprint density at radius 2 is 1.95 bits per heavy atom. The van der Waals surface area contributed by atoms with Crippen molar-refractivity contribution in [1.29, 1.82) is 0 Å². The van der Waals surface area contributed by atoms with Crippen LogP contribution in [0.1, 0.15) is 66.2 Å². The fourth-order valence-corrected chi connectivity index (χ4v) is 5.61. The third-order valence-corrected chi connectivity index (χ3v) is 8.42. The minimum atomic E-state index is -3.00. The molecule has 3 atom stereocenters. The second kappa shape index (κ2) is 6.19. The average molecular weight is 316 g/mol. The molecule has 0 saturated heterocycles. The van der Waals surface area contributed by atoms with E-state index in [1.165, 1.54) is 25.7 Å². The summed E-state index contributed by atoms with van der Waals surface area (Å²) >= 11 is 0. The fourth-order valence-electron chi connectivity index (χ4n) is 4.33. The number of hydrogen-bond acceptors (Lipinski definition) is 3. The molecule has 1 N–H and O–H groups in total. The Kier molecular flexibility index (Phi) is 5.09. The predicted molar refractivity (Wildman–Crippen MR) is 89.2 cm³/mol. The Morgan fingerprint density at radius 3 is 2.43 bits per heavy atom. The maximum absolute atomic E-state index is 12.5. The van der Waals surface area contributed by atoms with Crippen LogP contribution in [0.3, 0.4) is 0 Å². The Hall–Kier alpha value is -0.0900. The van der Waals surface area contributed by atoms with Gasteiger partial charge < -0.3 is 5.32 Å². The number of hydrogen-bond donors (Lipinski definition) is 1. The van der Waals surface area contributed by atoms with Gasteiger partial charge in [0.2, 0.25) is 0 Å². The van der Waals surface area contributed by atoms with Crippen LogP contribution in [0.4, 0.5) is 0 Å². The molecule has 0 aromatic rings. The lowest BCUT2D eigenvalue weighted by atomic mass is 9.71. The van der Waals surface area contributed by atoms with Crippen LogP contribution in [0, 0.1) is 17.3 Å². The molecule has 3 unspecified atom stereocenters. The second-order valence-corrected chi connectivity index (χ2v) is 11.2. The van der Waals surface area contributed by atoms with Crippen LogP contribution < -0.4 is 5.32 Å². The van der Waals surface area contributed by atoms with Gasteiger partial charge in [-0.15, -0.1) is 0 Å². The monoisotopic (exact) mass is 315 g/mol. The van der Waals surface area contributed by atoms with Gasteiger partial charge in [-0.25, -0.2) is 8.42 Å². The zero-order valence-electron chi connectivity index (χ0n) is 14.2. The Balaban J connectivity index is 2.04. The highest BCUT2D eigenvalue weighted by Crippen LogP contribution is 2.57. The summed E-state index contributed by atoms with van der Waals surface area (Å²) in [5.74, 6) is 1.96. The summed E-state index contributed by atoms with van der Waals surface area (Å²) < 4.78 is 24.3. The van der Waals surface area contributed by atoms with E-state index in [1.54, 1.807) is 0 Å². The molecule has 0 heterocycles. The quantitative estimate of drug-likeness (QED) is 0.732. The van der Waals surface area contributed by atoms with Gasteiger partial charge in [-0.1, -0.05) is 13.3 Å². The summed E-state index contributed by atoms with van der Waals surface area (Å²) in [7, 11) is -3.00. The first-order valence-corrected chi connectivity index (χ1v) is 10.3. The Bertz CT molecular complexity index is 452. The summed E-state index contributed by atoms with van der Waals surface area (Å²) in [6.45, 7) is 9.72. The molecular formula is C17H33NO2S. The molecule has 0 aliphatic heterocycles. The highest BCUT2D eigenvalue weighted by molar-refractivity contribution is 7.92. The van der Waals surface area contributed by atoms with Crippen molar-refractivity contribution in [1.82, 2.24) is 5.32 Å². The number of fused-ring (bicyclic) bond motifs is 2. The number of nitrogens with one attached hydrogen (secondary N) is 1. The normalized spacial score (nSPS) is 32.8. The summed E-state index contributed by atoms with van der Waals surface area (Å²) in [5.41, 5.74) is 0.246. The van der Waals surface area contributed by atoms with Crippen molar-refractivity contribution in [2.45, 2.75) is 71.0 Å². The molecule has 2 aliphatic carbocycles. The number of sulfone groups is 1. The molecule has 4 heteroatoms. The van der Waals surface area contributed by atoms with E-state index >= 15 is 0 Å². The third kappa shape index (κ3) is 3.64. The summed E-state index contributed by atoms with van der Waals surface area (Å²) in [6, 6.07) is 0. The molecule has 124 valence electrons. The molecule has 2 saturated carbocycles. The second-order valence-electron chi connectivity index (χ2n) is 8.30. The van der Waals surface area contributed by atoms with Gasteiger partial charge in [0, 0.05) is 6.54 Å². The standard InChI is InChI=1S/C17H33NO2S/c1-5-9-18-13-17(12-14-6-7-15(17)11-14)8-10-21(19,20)16(2,3)4/h14-15,18H,5-13H2,1-4H3. The van der Waals surface area contributed by atoms with Crippen molar-refractivity contribution in [3.63, 3.8) is 0 Å². The average Bonchev–Trinajstić information content (AvgIpc) is 2.96. The SMILES string of the molecule is CCCNCC1(CCS(=O)(=O)C(C)(C)C)CC2CCC1C2. The van der Waals surface area contributed by atoms with E-state index in [0.29, 0.717) is 5.75 Å². The van der Waals surface area contributed by atoms with Crippen LogP contribution in [0.25, 0.3) is 0 Å². The van der Waals surface area contributed by atoms with Gasteiger partial charge in [0.15, 0.2) is 9.84 Å². The summed E-state index contributed by atoms with van der Waals surface area (Å²) in [5, 5.41) is 3.58. The van der Waals surface area contributed by atoms with E-state index in [1.807, 2.05) is 20.8 Å². The molecule has 2 fully saturated rings. The molecule has 21 heavy (non-hydrogen) atoms. The molecule has 3 nitrogen and oxygen atoms in total. The molecule has 0 spiro atoms. The molecule has 2 bridgehead atoms. The van der Waals surface area contributed by atoms with Gasteiger partial charge in [0.25, 0.3) is 0 Å². The van der Waals surface area contributed by atoms with E-state index in [4.69, 9.17) is 0 Å². The van der Waals surface area contributed by atoms with Crippen LogP contribution >= 0.6 is 0 Å². The van der Waals surface area contributed by atoms with Crippen molar-refractivity contribution in [2.75, 3.05) is 18.8 Å². The smallest absolute Gasteiger partial charge is 0.155 e. The van der Waals surface area contributed by atoms with Crippen molar-refractivity contribution in [2.24, 2.45) is 17.3 Å². The highest BCUT2D eigenvalue weighted by atomic mass is 32.2. The lowest BCUT2D eigenvalue weighted by molar-refractivity contribution is 0.151. The maximum Gasteiger partial charge on any atom is 0.155 e. The zero-order valence-corrected chi connectivity index (χ0v) is 15.1. The van der Waals surface area contributed by atoms with Gasteiger partial charge in [0.05, 0.1) is 10.5 Å². The summed E-state index contributed by atoms with van der Waals surface area (Å²) in [6.07, 6.45) is 7.26. The van der Waals surface area contributed by atoms with Gasteiger partial charge in [-0.3, -0.25) is 0 Å². The van der Waals surface area contributed by atoms with E-state index in [2.05, 4.69) is 12.2 Å². The predicted octanol–water partition coefficient (Wildman–Crippen LogP) is 3.40. The number of rotatable bonds is 7. The van der Waals surface area contributed by atoms with Gasteiger partial charge in [0.1, 0.15) is 0 Å². The first kappa shape index (κ1) is 17.3. The van der Waals surface area contributed by atoms with E-state index in [0.717, 1.165) is 37.8 Å². The first-order chi connectivity index (χ1) is 9.70. The first-order valence-electron chi connectivity index (χ1n) is 8.63. The zero-order chi connectivity index (χ0) is 15.7. The minimum Gasteiger partial charge on any atom is -0.316 e. The van der Waals surface area contributed by atoms with Crippen molar-refractivity contribution >= 4 is 9.84 Å². The van der Waals surface area contributed by atoms with Gasteiger partial charge >= 0.3 is 0 Å². The molecule has 0 amide bonds. The highest BCUT2D eigenvalue weighted by Gasteiger charge is 2.50. The van der Waals surface area contributed by atoms with Crippen molar-refractivity contribution in [3.05, 3.63) is 0 Å². The van der Waals surface area contributed by atoms with Crippen LogP contribution in [-0.2, 0) is 9.84 Å². The van der Waals surface area contributed by atoms with Crippen LogP contribution in [-0.4, -0.2) is 32.0 Å². The molecule has 2 rings (SSSR count). The van der Waals surface area contributed by atoms with Gasteiger partial charge in [-0.2, -0.15) is 0 Å². The van der Waals surface area contributed by atoms with Crippen LogP contribution in [0.2, 0.25) is 0 Å². The molecular weight excluding hydrogens is 282 g/mol. The van der Waals surface area contributed by atoms with E-state index in [-0.39, 0.29) is 5.41 Å². The Morgan fingerprint density at radius 1 is 1.24 bits per heavy atom. The lowest BCUT2D eigenvalue weighted by Crippen LogP contribution is -2.42. The van der Waals surface area contributed by atoms with Crippen molar-refractivity contribution < 1.29 is 8.42 Å². The molecule has 0 aromatic carbocycles. The molecule has 0 radical (unpaired) electrons.